The SMILES string of the molecule is CNc1cc(N2CCCC2CNC(=O)C2Cc3ccccc3CN2C(=O)c2ccco2)ncn1. The molecule has 176 valence electrons. The van der Waals surface area contributed by atoms with E-state index in [4.69, 9.17) is 4.42 Å². The molecule has 9 heteroatoms. The van der Waals surface area contributed by atoms with Gasteiger partial charge in [-0.3, -0.25) is 9.59 Å². The summed E-state index contributed by atoms with van der Waals surface area (Å²) in [5.41, 5.74) is 2.15. The van der Waals surface area contributed by atoms with Crippen LogP contribution in [0.1, 0.15) is 34.5 Å². The van der Waals surface area contributed by atoms with E-state index in [-0.39, 0.29) is 23.6 Å². The van der Waals surface area contributed by atoms with Crippen LogP contribution in [-0.2, 0) is 17.8 Å². The maximum absolute atomic E-state index is 13.4. The molecule has 1 fully saturated rings. The van der Waals surface area contributed by atoms with Gasteiger partial charge in [-0.25, -0.2) is 9.97 Å². The molecular formula is C25H28N6O3. The zero-order valence-corrected chi connectivity index (χ0v) is 19.1. The zero-order valence-electron chi connectivity index (χ0n) is 19.1. The largest absolute Gasteiger partial charge is 0.459 e. The summed E-state index contributed by atoms with van der Waals surface area (Å²) in [4.78, 5) is 39.0. The molecule has 4 heterocycles. The van der Waals surface area contributed by atoms with E-state index in [1.165, 1.54) is 6.26 Å². The Morgan fingerprint density at radius 3 is 2.79 bits per heavy atom. The predicted octanol–water partition coefficient (Wildman–Crippen LogP) is 2.46. The predicted molar refractivity (Wildman–Crippen MR) is 127 cm³/mol. The molecule has 0 spiro atoms. The third kappa shape index (κ3) is 4.33. The lowest BCUT2D eigenvalue weighted by Crippen LogP contribution is -2.54. The Morgan fingerprint density at radius 2 is 2.00 bits per heavy atom. The fourth-order valence-corrected chi connectivity index (χ4v) is 4.84. The van der Waals surface area contributed by atoms with Crippen LogP contribution >= 0.6 is 0 Å². The van der Waals surface area contributed by atoms with E-state index in [0.29, 0.717) is 19.5 Å². The maximum Gasteiger partial charge on any atom is 0.290 e. The Bertz CT molecular complexity index is 1160. The number of fused-ring (bicyclic) bond motifs is 1. The Balaban J connectivity index is 1.31. The number of carbonyl (C=O) groups excluding carboxylic acids is 2. The fourth-order valence-electron chi connectivity index (χ4n) is 4.84. The second-order valence-electron chi connectivity index (χ2n) is 8.65. The van der Waals surface area contributed by atoms with E-state index in [2.05, 4.69) is 25.5 Å². The zero-order chi connectivity index (χ0) is 23.5. The number of nitrogens with zero attached hydrogens (tertiary/aromatic N) is 4. The molecule has 0 bridgehead atoms. The molecule has 2 atom stereocenters. The molecule has 34 heavy (non-hydrogen) atoms. The Kier molecular flexibility index (Phi) is 6.16. The molecule has 5 rings (SSSR count). The first-order valence-corrected chi connectivity index (χ1v) is 11.6. The van der Waals surface area contributed by atoms with Gasteiger partial charge in [-0.15, -0.1) is 0 Å². The second-order valence-corrected chi connectivity index (χ2v) is 8.65. The smallest absolute Gasteiger partial charge is 0.290 e. The minimum atomic E-state index is -0.600. The van der Waals surface area contributed by atoms with Crippen molar-refractivity contribution in [3.63, 3.8) is 0 Å². The van der Waals surface area contributed by atoms with Gasteiger partial charge in [-0.2, -0.15) is 0 Å². The van der Waals surface area contributed by atoms with E-state index >= 15 is 0 Å². The number of aromatic nitrogens is 2. The summed E-state index contributed by atoms with van der Waals surface area (Å²) in [6, 6.07) is 12.7. The molecule has 2 aromatic heterocycles. The number of furan rings is 1. The number of benzene rings is 1. The van der Waals surface area contributed by atoms with Crippen molar-refractivity contribution in [1.29, 1.82) is 0 Å². The fraction of sp³-hybridized carbons (Fsp3) is 0.360. The molecule has 2 N–H and O–H groups in total. The van der Waals surface area contributed by atoms with Crippen LogP contribution in [0, 0.1) is 0 Å². The molecule has 2 aliphatic heterocycles. The van der Waals surface area contributed by atoms with Gasteiger partial charge in [0.25, 0.3) is 5.91 Å². The normalized spacial score (nSPS) is 19.6. The van der Waals surface area contributed by atoms with Gasteiger partial charge >= 0.3 is 0 Å². The first-order chi connectivity index (χ1) is 16.6. The monoisotopic (exact) mass is 460 g/mol. The van der Waals surface area contributed by atoms with Crippen LogP contribution < -0.4 is 15.5 Å². The van der Waals surface area contributed by atoms with Crippen molar-refractivity contribution in [1.82, 2.24) is 20.2 Å². The second kappa shape index (κ2) is 9.54. The Labute approximate surface area is 198 Å². The van der Waals surface area contributed by atoms with Crippen LogP contribution in [0.15, 0.2) is 59.5 Å². The van der Waals surface area contributed by atoms with Crippen LogP contribution in [0.25, 0.3) is 0 Å². The standard InChI is InChI=1S/C25H28N6O3/c1-26-22-13-23(29-16-28-22)30-10-4-8-19(30)14-27-24(32)20-12-17-6-2-3-7-18(17)15-31(20)25(33)21-9-5-11-34-21/h2-3,5-7,9,11,13,16,19-20H,4,8,10,12,14-15H2,1H3,(H,27,32)(H,26,28,29). The van der Waals surface area contributed by atoms with Crippen molar-refractivity contribution in [2.75, 3.05) is 30.4 Å². The number of carbonyl (C=O) groups is 2. The van der Waals surface area contributed by atoms with Gasteiger partial charge in [-0.05, 0) is 36.1 Å². The third-order valence-corrected chi connectivity index (χ3v) is 6.64. The average molecular weight is 461 g/mol. The molecule has 2 amide bonds. The first kappa shape index (κ1) is 21.9. The highest BCUT2D eigenvalue weighted by molar-refractivity contribution is 5.96. The lowest BCUT2D eigenvalue weighted by molar-refractivity contribution is -0.126. The number of rotatable bonds is 6. The van der Waals surface area contributed by atoms with Crippen LogP contribution in [0.5, 0.6) is 0 Å². The summed E-state index contributed by atoms with van der Waals surface area (Å²) >= 11 is 0. The molecular weight excluding hydrogens is 432 g/mol. The van der Waals surface area contributed by atoms with Crippen LogP contribution in [-0.4, -0.2) is 58.9 Å². The number of hydrogen-bond donors (Lipinski definition) is 2. The molecule has 0 saturated carbocycles. The van der Waals surface area contributed by atoms with E-state index in [1.54, 1.807) is 23.4 Å². The summed E-state index contributed by atoms with van der Waals surface area (Å²) in [7, 11) is 1.83. The number of hydrogen-bond acceptors (Lipinski definition) is 7. The van der Waals surface area contributed by atoms with E-state index < -0.39 is 6.04 Å². The van der Waals surface area contributed by atoms with Gasteiger partial charge in [-0.1, -0.05) is 24.3 Å². The maximum atomic E-state index is 13.4. The summed E-state index contributed by atoms with van der Waals surface area (Å²) in [6.07, 6.45) is 5.48. The van der Waals surface area contributed by atoms with Crippen molar-refractivity contribution in [3.8, 4) is 0 Å². The Morgan fingerprint density at radius 1 is 1.15 bits per heavy atom. The van der Waals surface area contributed by atoms with Crippen molar-refractivity contribution in [2.24, 2.45) is 0 Å². The topological polar surface area (TPSA) is 104 Å². The highest BCUT2D eigenvalue weighted by Gasteiger charge is 2.36. The van der Waals surface area contributed by atoms with Gasteiger partial charge < -0.3 is 24.9 Å². The molecule has 0 aliphatic carbocycles. The minimum Gasteiger partial charge on any atom is -0.459 e. The number of anilines is 2. The van der Waals surface area contributed by atoms with Crippen LogP contribution in [0.4, 0.5) is 11.6 Å². The average Bonchev–Trinajstić information content (AvgIpc) is 3.58. The molecule has 2 aliphatic rings. The number of nitrogens with one attached hydrogen (secondary N) is 2. The van der Waals surface area contributed by atoms with Crippen LogP contribution in [0.3, 0.4) is 0 Å². The quantitative estimate of drug-likeness (QED) is 0.582. The molecule has 1 saturated heterocycles. The van der Waals surface area contributed by atoms with Gasteiger partial charge in [0, 0.05) is 45.2 Å². The van der Waals surface area contributed by atoms with E-state index in [1.807, 2.05) is 37.4 Å². The lowest BCUT2D eigenvalue weighted by Gasteiger charge is -2.36. The van der Waals surface area contributed by atoms with Crippen molar-refractivity contribution < 1.29 is 14.0 Å². The summed E-state index contributed by atoms with van der Waals surface area (Å²) in [5, 5.41) is 6.16. The summed E-state index contributed by atoms with van der Waals surface area (Å²) in [5.74, 6) is 1.41. The van der Waals surface area contributed by atoms with Crippen LogP contribution in [0.2, 0.25) is 0 Å². The lowest BCUT2D eigenvalue weighted by atomic mass is 9.93. The van der Waals surface area contributed by atoms with Crippen molar-refractivity contribution >= 4 is 23.5 Å². The van der Waals surface area contributed by atoms with E-state index in [0.717, 1.165) is 42.1 Å². The van der Waals surface area contributed by atoms with Gasteiger partial charge in [0.2, 0.25) is 5.91 Å². The van der Waals surface area contributed by atoms with Gasteiger partial charge in [0.1, 0.15) is 24.0 Å². The minimum absolute atomic E-state index is 0.133. The van der Waals surface area contributed by atoms with Crippen molar-refractivity contribution in [3.05, 3.63) is 71.9 Å². The first-order valence-electron chi connectivity index (χ1n) is 11.6. The highest BCUT2D eigenvalue weighted by atomic mass is 16.3. The van der Waals surface area contributed by atoms with Crippen molar-refractivity contribution in [2.45, 2.75) is 37.9 Å². The molecule has 3 aromatic rings. The van der Waals surface area contributed by atoms with Gasteiger partial charge in [0.15, 0.2) is 5.76 Å². The molecule has 1 aromatic carbocycles. The molecule has 0 radical (unpaired) electrons. The van der Waals surface area contributed by atoms with Gasteiger partial charge in [0.05, 0.1) is 6.26 Å². The third-order valence-electron chi connectivity index (χ3n) is 6.64. The molecule has 2 unspecified atom stereocenters. The Hall–Kier alpha value is -3.88. The number of amides is 2. The highest BCUT2D eigenvalue weighted by Crippen LogP contribution is 2.27. The van der Waals surface area contributed by atoms with E-state index in [9.17, 15) is 9.59 Å². The summed E-state index contributed by atoms with van der Waals surface area (Å²) < 4.78 is 5.34. The summed E-state index contributed by atoms with van der Waals surface area (Å²) in [6.45, 7) is 1.73. The molecule has 9 nitrogen and oxygen atoms in total.